The molecule has 0 aliphatic carbocycles. The fraction of sp³-hybridized carbons (Fsp3) is 0. The third kappa shape index (κ3) is 3.28. The van der Waals surface area contributed by atoms with Gasteiger partial charge in [0, 0.05) is 11.1 Å². The molecule has 1 aromatic heterocycles. The van der Waals surface area contributed by atoms with Crippen molar-refractivity contribution < 1.29 is 9.59 Å². The molecule has 0 aliphatic rings. The lowest BCUT2D eigenvalue weighted by Crippen LogP contribution is -2.29. The number of nitrogens with one attached hydrogen (secondary N) is 3. The Kier molecular flexibility index (Phi) is 4.18. The van der Waals surface area contributed by atoms with Crippen molar-refractivity contribution in [2.24, 2.45) is 0 Å². The Morgan fingerprint density at radius 2 is 1.83 bits per heavy atom. The van der Waals surface area contributed by atoms with Gasteiger partial charge in [0.25, 0.3) is 0 Å². The van der Waals surface area contributed by atoms with E-state index in [0.717, 1.165) is 10.9 Å². The molecule has 3 rings (SSSR count). The second-order valence-corrected chi connectivity index (χ2v) is 5.47. The zero-order valence-corrected chi connectivity index (χ0v) is 13.1. The zero-order chi connectivity index (χ0) is 16.4. The molecule has 0 radical (unpaired) electrons. The van der Waals surface area contributed by atoms with Crippen LogP contribution in [0.2, 0.25) is 10.0 Å². The van der Waals surface area contributed by atoms with Crippen LogP contribution < -0.4 is 10.6 Å². The van der Waals surface area contributed by atoms with E-state index < -0.39 is 11.8 Å². The highest BCUT2D eigenvalue weighted by Crippen LogP contribution is 2.29. The topological polar surface area (TPSA) is 86.9 Å². The van der Waals surface area contributed by atoms with Gasteiger partial charge in [-0.2, -0.15) is 5.10 Å². The van der Waals surface area contributed by atoms with Gasteiger partial charge in [-0.25, -0.2) is 0 Å². The Balaban J connectivity index is 1.72. The van der Waals surface area contributed by atoms with Gasteiger partial charge in [0.15, 0.2) is 0 Å². The molecule has 2 aromatic carbocycles. The van der Waals surface area contributed by atoms with E-state index in [2.05, 4.69) is 20.8 Å². The van der Waals surface area contributed by atoms with Gasteiger partial charge in [0.05, 0.1) is 27.4 Å². The fourth-order valence-corrected chi connectivity index (χ4v) is 2.33. The molecular formula is C15H10Cl2N4O2. The lowest BCUT2D eigenvalue weighted by Gasteiger charge is -2.08. The second-order valence-electron chi connectivity index (χ2n) is 4.68. The van der Waals surface area contributed by atoms with E-state index in [0.29, 0.717) is 5.69 Å². The lowest BCUT2D eigenvalue weighted by atomic mass is 10.2. The first-order valence-electron chi connectivity index (χ1n) is 6.54. The molecule has 116 valence electrons. The number of nitrogens with zero attached hydrogens (tertiary/aromatic N) is 1. The van der Waals surface area contributed by atoms with Crippen molar-refractivity contribution in [1.29, 1.82) is 0 Å². The second kappa shape index (κ2) is 6.28. The molecule has 2 amide bonds. The highest BCUT2D eigenvalue weighted by molar-refractivity contribution is 6.47. The van der Waals surface area contributed by atoms with E-state index in [4.69, 9.17) is 23.2 Å². The van der Waals surface area contributed by atoms with E-state index in [9.17, 15) is 9.59 Å². The number of fused-ring (bicyclic) bond motifs is 1. The number of anilines is 2. The first-order valence-corrected chi connectivity index (χ1v) is 7.29. The van der Waals surface area contributed by atoms with Crippen molar-refractivity contribution in [2.75, 3.05) is 10.6 Å². The third-order valence-corrected chi connectivity index (χ3v) is 3.92. The standard InChI is InChI=1S/C15H10Cl2N4O2/c16-10-2-1-3-11(13(10)17)20-15(23)14(22)19-9-5-4-8-7-18-21-12(8)6-9/h1-7H,(H,18,21)(H,19,22)(H,20,23). The van der Waals surface area contributed by atoms with E-state index in [1.165, 1.54) is 0 Å². The van der Waals surface area contributed by atoms with Crippen molar-refractivity contribution in [2.45, 2.75) is 0 Å². The van der Waals surface area contributed by atoms with Crippen molar-refractivity contribution >= 4 is 57.3 Å². The van der Waals surface area contributed by atoms with Crippen molar-refractivity contribution in [3.05, 3.63) is 52.6 Å². The average Bonchev–Trinajstić information content (AvgIpc) is 2.99. The van der Waals surface area contributed by atoms with Crippen LogP contribution in [-0.4, -0.2) is 22.0 Å². The summed E-state index contributed by atoms with van der Waals surface area (Å²) in [6.07, 6.45) is 1.66. The van der Waals surface area contributed by atoms with Crippen LogP contribution in [0.25, 0.3) is 10.9 Å². The molecule has 3 N–H and O–H groups in total. The van der Waals surface area contributed by atoms with E-state index in [1.54, 1.807) is 42.6 Å². The van der Waals surface area contributed by atoms with Crippen LogP contribution in [-0.2, 0) is 9.59 Å². The monoisotopic (exact) mass is 348 g/mol. The number of carbonyl (C=O) groups excluding carboxylic acids is 2. The predicted molar refractivity (Wildman–Crippen MR) is 89.8 cm³/mol. The quantitative estimate of drug-likeness (QED) is 0.620. The van der Waals surface area contributed by atoms with Crippen LogP contribution >= 0.6 is 23.2 Å². The number of hydrogen-bond donors (Lipinski definition) is 3. The summed E-state index contributed by atoms with van der Waals surface area (Å²) in [5.74, 6) is -1.67. The summed E-state index contributed by atoms with van der Waals surface area (Å²) in [6, 6.07) is 9.89. The molecule has 23 heavy (non-hydrogen) atoms. The molecule has 6 nitrogen and oxygen atoms in total. The maximum atomic E-state index is 12.0. The first kappa shape index (κ1) is 15.3. The van der Waals surface area contributed by atoms with Crippen molar-refractivity contribution in [3.63, 3.8) is 0 Å². The molecule has 0 aliphatic heterocycles. The molecule has 8 heteroatoms. The van der Waals surface area contributed by atoms with Crippen LogP contribution in [0.3, 0.4) is 0 Å². The van der Waals surface area contributed by atoms with Gasteiger partial charge in [-0.05, 0) is 30.3 Å². The number of aromatic nitrogens is 2. The summed E-state index contributed by atoms with van der Waals surface area (Å²) in [4.78, 5) is 23.9. The minimum absolute atomic E-state index is 0.175. The molecule has 0 bridgehead atoms. The van der Waals surface area contributed by atoms with Gasteiger partial charge in [-0.1, -0.05) is 29.3 Å². The Bertz CT molecular complexity index is 907. The number of hydrogen-bond acceptors (Lipinski definition) is 3. The van der Waals surface area contributed by atoms with Crippen LogP contribution in [0, 0.1) is 0 Å². The van der Waals surface area contributed by atoms with Gasteiger partial charge in [-0.15, -0.1) is 0 Å². The number of rotatable bonds is 2. The molecule has 1 heterocycles. The fourth-order valence-electron chi connectivity index (χ4n) is 1.98. The first-order chi connectivity index (χ1) is 11.0. The molecule has 0 atom stereocenters. The average molecular weight is 349 g/mol. The SMILES string of the molecule is O=C(Nc1ccc2cn[nH]c2c1)C(=O)Nc1cccc(Cl)c1Cl. The summed E-state index contributed by atoms with van der Waals surface area (Å²) in [5, 5.41) is 13.0. The Labute approximate surface area is 140 Å². The van der Waals surface area contributed by atoms with Crippen molar-refractivity contribution in [3.8, 4) is 0 Å². The maximum absolute atomic E-state index is 12.0. The van der Waals surface area contributed by atoms with E-state index in [1.807, 2.05) is 0 Å². The highest BCUT2D eigenvalue weighted by Gasteiger charge is 2.16. The maximum Gasteiger partial charge on any atom is 0.314 e. The minimum Gasteiger partial charge on any atom is -0.318 e. The Morgan fingerprint density at radius 3 is 2.65 bits per heavy atom. The molecule has 0 fully saturated rings. The van der Waals surface area contributed by atoms with Gasteiger partial charge in [0.1, 0.15) is 0 Å². The van der Waals surface area contributed by atoms with Gasteiger partial charge in [0.2, 0.25) is 0 Å². The van der Waals surface area contributed by atoms with Crippen LogP contribution in [0.15, 0.2) is 42.6 Å². The van der Waals surface area contributed by atoms with E-state index in [-0.39, 0.29) is 15.7 Å². The highest BCUT2D eigenvalue weighted by atomic mass is 35.5. The predicted octanol–water partition coefficient (Wildman–Crippen LogP) is 3.45. The summed E-state index contributed by atoms with van der Waals surface area (Å²) in [5.41, 5.74) is 1.49. The van der Waals surface area contributed by atoms with E-state index >= 15 is 0 Å². The summed E-state index contributed by atoms with van der Waals surface area (Å²) >= 11 is 11.8. The van der Waals surface area contributed by atoms with Gasteiger partial charge < -0.3 is 10.6 Å². The van der Waals surface area contributed by atoms with Crippen LogP contribution in [0.4, 0.5) is 11.4 Å². The Morgan fingerprint density at radius 1 is 1.04 bits per heavy atom. The number of H-pyrrole nitrogens is 1. The lowest BCUT2D eigenvalue weighted by molar-refractivity contribution is -0.132. The van der Waals surface area contributed by atoms with Gasteiger partial charge in [-0.3, -0.25) is 14.7 Å². The Hall–Kier alpha value is -2.57. The summed E-state index contributed by atoms with van der Waals surface area (Å²) < 4.78 is 0. The molecule has 3 aromatic rings. The number of benzene rings is 2. The number of halogens is 2. The number of amides is 2. The smallest absolute Gasteiger partial charge is 0.314 e. The largest absolute Gasteiger partial charge is 0.318 e. The minimum atomic E-state index is -0.848. The van der Waals surface area contributed by atoms with Crippen LogP contribution in [0.1, 0.15) is 0 Å². The summed E-state index contributed by atoms with van der Waals surface area (Å²) in [7, 11) is 0. The van der Waals surface area contributed by atoms with Gasteiger partial charge >= 0.3 is 11.8 Å². The van der Waals surface area contributed by atoms with Crippen LogP contribution in [0.5, 0.6) is 0 Å². The molecule has 0 saturated carbocycles. The number of aromatic amines is 1. The zero-order valence-electron chi connectivity index (χ0n) is 11.6. The van der Waals surface area contributed by atoms with Crippen molar-refractivity contribution in [1.82, 2.24) is 10.2 Å². The normalized spacial score (nSPS) is 10.5. The number of carbonyl (C=O) groups is 2. The third-order valence-electron chi connectivity index (χ3n) is 3.11. The molecule has 0 spiro atoms. The summed E-state index contributed by atoms with van der Waals surface area (Å²) in [6.45, 7) is 0. The molecular weight excluding hydrogens is 339 g/mol. The molecule has 0 unspecified atom stereocenters. The molecule has 0 saturated heterocycles.